The number of benzene rings is 2. The number of nitrogens with zero attached hydrogens (tertiary/aromatic N) is 2. The summed E-state index contributed by atoms with van der Waals surface area (Å²) in [4.78, 5) is 15.9. The van der Waals surface area contributed by atoms with E-state index in [1.165, 1.54) is 4.90 Å². The summed E-state index contributed by atoms with van der Waals surface area (Å²) in [6.45, 7) is 6.56. The van der Waals surface area contributed by atoms with Gasteiger partial charge in [-0.3, -0.25) is 4.79 Å². The number of carbonyl (C=O) groups is 1. The van der Waals surface area contributed by atoms with E-state index in [-0.39, 0.29) is 5.91 Å². The molecule has 1 aliphatic rings. The van der Waals surface area contributed by atoms with Gasteiger partial charge in [-0.05, 0) is 31.2 Å². The van der Waals surface area contributed by atoms with E-state index >= 15 is 0 Å². The van der Waals surface area contributed by atoms with Gasteiger partial charge in [0, 0.05) is 0 Å². The highest BCUT2D eigenvalue weighted by Gasteiger charge is 2.24. The van der Waals surface area contributed by atoms with Crippen LogP contribution in [0, 0.1) is 11.3 Å². The van der Waals surface area contributed by atoms with Crippen molar-refractivity contribution in [2.75, 3.05) is 49.5 Å². The zero-order valence-electron chi connectivity index (χ0n) is 15.6. The predicted molar refractivity (Wildman–Crippen MR) is 105 cm³/mol. The molecule has 1 aliphatic heterocycles. The minimum atomic E-state index is -0.0594. The highest BCUT2D eigenvalue weighted by Crippen LogP contribution is 2.27. The molecule has 0 aliphatic carbocycles. The molecule has 2 N–H and O–H groups in total. The number of piperazine rings is 1. The summed E-state index contributed by atoms with van der Waals surface area (Å²) in [6.07, 6.45) is 0. The van der Waals surface area contributed by atoms with E-state index in [1.54, 1.807) is 18.2 Å². The van der Waals surface area contributed by atoms with E-state index in [9.17, 15) is 4.79 Å². The SMILES string of the molecule is CCOc1ccccc1N1CC[NH+](CC(=O)Nc2ccccc2C#N)CC1. The Labute approximate surface area is 160 Å². The Hall–Kier alpha value is -3.04. The van der Waals surface area contributed by atoms with Gasteiger partial charge in [0.05, 0.1) is 49.7 Å². The maximum absolute atomic E-state index is 12.4. The molecule has 0 radical (unpaired) electrons. The molecule has 0 atom stereocenters. The van der Waals surface area contributed by atoms with Crippen molar-refractivity contribution in [2.45, 2.75) is 6.92 Å². The Morgan fingerprint density at radius 3 is 2.63 bits per heavy atom. The van der Waals surface area contributed by atoms with Crippen LogP contribution in [-0.4, -0.2) is 45.2 Å². The Kier molecular flexibility index (Phi) is 6.29. The van der Waals surface area contributed by atoms with Crippen molar-refractivity contribution in [3.05, 3.63) is 54.1 Å². The Bertz CT molecular complexity index is 823. The van der Waals surface area contributed by atoms with Crippen molar-refractivity contribution >= 4 is 17.3 Å². The molecule has 0 unspecified atom stereocenters. The predicted octanol–water partition coefficient (Wildman–Crippen LogP) is 1.30. The number of nitriles is 1. The summed E-state index contributed by atoms with van der Waals surface area (Å²) in [5.74, 6) is 0.852. The molecule has 0 bridgehead atoms. The molecule has 27 heavy (non-hydrogen) atoms. The third-order valence-corrected chi connectivity index (χ3v) is 4.71. The molecule has 1 fully saturated rings. The van der Waals surface area contributed by atoms with E-state index < -0.39 is 0 Å². The normalized spacial score (nSPS) is 14.4. The van der Waals surface area contributed by atoms with E-state index in [1.807, 2.05) is 31.2 Å². The van der Waals surface area contributed by atoms with Crippen molar-refractivity contribution < 1.29 is 14.4 Å². The number of anilines is 2. The maximum Gasteiger partial charge on any atom is 0.279 e. The number of quaternary nitrogens is 1. The minimum Gasteiger partial charge on any atom is -0.492 e. The zero-order valence-corrected chi connectivity index (χ0v) is 15.6. The summed E-state index contributed by atoms with van der Waals surface area (Å²) in [6, 6.07) is 17.3. The standard InChI is InChI=1S/C21H24N4O2/c1-2-27-20-10-6-5-9-19(20)25-13-11-24(12-14-25)16-21(26)23-18-8-4-3-7-17(18)15-22/h3-10H,2,11-14,16H2,1H3,(H,23,26)/p+1. The summed E-state index contributed by atoms with van der Waals surface area (Å²) in [7, 11) is 0. The molecule has 0 aromatic heterocycles. The van der Waals surface area contributed by atoms with Crippen molar-refractivity contribution in [1.82, 2.24) is 0 Å². The molecular formula is C21H25N4O2+. The lowest BCUT2D eigenvalue weighted by Crippen LogP contribution is -3.15. The van der Waals surface area contributed by atoms with Crippen molar-refractivity contribution in [3.63, 3.8) is 0 Å². The van der Waals surface area contributed by atoms with Crippen molar-refractivity contribution in [3.8, 4) is 11.8 Å². The van der Waals surface area contributed by atoms with Crippen LogP contribution in [0.4, 0.5) is 11.4 Å². The van der Waals surface area contributed by atoms with Crippen LogP contribution in [-0.2, 0) is 4.79 Å². The molecule has 3 rings (SSSR count). The maximum atomic E-state index is 12.4. The third kappa shape index (κ3) is 4.78. The molecule has 1 saturated heterocycles. The summed E-state index contributed by atoms with van der Waals surface area (Å²) in [5, 5.41) is 12.0. The van der Waals surface area contributed by atoms with Crippen LogP contribution in [0.2, 0.25) is 0 Å². The molecule has 2 aromatic carbocycles. The fraction of sp³-hybridized carbons (Fsp3) is 0.333. The average Bonchev–Trinajstić information content (AvgIpc) is 2.70. The average molecular weight is 365 g/mol. The first kappa shape index (κ1) is 18.7. The van der Waals surface area contributed by atoms with Gasteiger partial charge in [0.1, 0.15) is 11.8 Å². The van der Waals surface area contributed by atoms with Gasteiger partial charge in [0.15, 0.2) is 6.54 Å². The molecule has 6 heteroatoms. The zero-order chi connectivity index (χ0) is 19.1. The van der Waals surface area contributed by atoms with Crippen molar-refractivity contribution in [2.24, 2.45) is 0 Å². The van der Waals surface area contributed by atoms with Crippen LogP contribution < -0.4 is 19.9 Å². The molecule has 1 heterocycles. The molecule has 6 nitrogen and oxygen atoms in total. The second-order valence-corrected chi connectivity index (χ2v) is 6.52. The first-order valence-electron chi connectivity index (χ1n) is 9.30. The number of carbonyl (C=O) groups excluding carboxylic acids is 1. The second kappa shape index (κ2) is 9.06. The lowest BCUT2D eigenvalue weighted by Gasteiger charge is -2.34. The lowest BCUT2D eigenvalue weighted by atomic mass is 10.2. The summed E-state index contributed by atoms with van der Waals surface area (Å²) >= 11 is 0. The Morgan fingerprint density at radius 2 is 1.89 bits per heavy atom. The van der Waals surface area contributed by atoms with Crippen LogP contribution >= 0.6 is 0 Å². The van der Waals surface area contributed by atoms with E-state index in [0.717, 1.165) is 37.6 Å². The van der Waals surface area contributed by atoms with Gasteiger partial charge in [-0.1, -0.05) is 24.3 Å². The first-order valence-corrected chi connectivity index (χ1v) is 9.30. The van der Waals surface area contributed by atoms with Crippen LogP contribution in [0.3, 0.4) is 0 Å². The second-order valence-electron chi connectivity index (χ2n) is 6.52. The fourth-order valence-electron chi connectivity index (χ4n) is 3.35. The van der Waals surface area contributed by atoms with Crippen LogP contribution in [0.1, 0.15) is 12.5 Å². The first-order chi connectivity index (χ1) is 13.2. The summed E-state index contributed by atoms with van der Waals surface area (Å²) < 4.78 is 5.73. The van der Waals surface area contributed by atoms with Gasteiger partial charge in [-0.2, -0.15) is 5.26 Å². The molecule has 0 saturated carbocycles. The smallest absolute Gasteiger partial charge is 0.279 e. The van der Waals surface area contributed by atoms with Gasteiger partial charge in [-0.25, -0.2) is 0 Å². The highest BCUT2D eigenvalue weighted by molar-refractivity contribution is 5.92. The minimum absolute atomic E-state index is 0.0594. The molecule has 1 amide bonds. The van der Waals surface area contributed by atoms with E-state index in [0.29, 0.717) is 24.4 Å². The lowest BCUT2D eigenvalue weighted by molar-refractivity contribution is -0.892. The molecule has 0 spiro atoms. The topological polar surface area (TPSA) is 69.8 Å². The van der Waals surface area contributed by atoms with Gasteiger partial charge in [0.2, 0.25) is 0 Å². The number of ether oxygens (including phenoxy) is 1. The quantitative estimate of drug-likeness (QED) is 0.810. The number of rotatable bonds is 6. The number of para-hydroxylation sites is 3. The molecular weight excluding hydrogens is 340 g/mol. The van der Waals surface area contributed by atoms with Gasteiger partial charge in [-0.15, -0.1) is 0 Å². The highest BCUT2D eigenvalue weighted by atomic mass is 16.5. The van der Waals surface area contributed by atoms with E-state index in [2.05, 4.69) is 22.4 Å². The fourth-order valence-corrected chi connectivity index (χ4v) is 3.35. The van der Waals surface area contributed by atoms with E-state index in [4.69, 9.17) is 10.00 Å². The largest absolute Gasteiger partial charge is 0.492 e. The Morgan fingerprint density at radius 1 is 1.19 bits per heavy atom. The van der Waals surface area contributed by atoms with Crippen LogP contribution in [0.15, 0.2) is 48.5 Å². The van der Waals surface area contributed by atoms with Gasteiger partial charge in [0.25, 0.3) is 5.91 Å². The van der Waals surface area contributed by atoms with Gasteiger partial charge >= 0.3 is 0 Å². The van der Waals surface area contributed by atoms with Crippen LogP contribution in [0.25, 0.3) is 0 Å². The van der Waals surface area contributed by atoms with Crippen molar-refractivity contribution in [1.29, 1.82) is 5.26 Å². The van der Waals surface area contributed by atoms with Crippen LogP contribution in [0.5, 0.6) is 5.75 Å². The molecule has 140 valence electrons. The number of nitrogens with one attached hydrogen (secondary N) is 2. The third-order valence-electron chi connectivity index (χ3n) is 4.71. The summed E-state index contributed by atoms with van der Waals surface area (Å²) in [5.41, 5.74) is 2.18. The number of amides is 1. The monoisotopic (exact) mass is 365 g/mol. The number of hydrogen-bond acceptors (Lipinski definition) is 4. The molecule has 2 aromatic rings. The Balaban J connectivity index is 1.54. The van der Waals surface area contributed by atoms with Gasteiger partial charge < -0.3 is 19.9 Å². The number of hydrogen-bond donors (Lipinski definition) is 2.